The molecule has 0 spiro atoms. The predicted octanol–water partition coefficient (Wildman–Crippen LogP) is 4.66. The fourth-order valence-electron chi connectivity index (χ4n) is 1.57. The summed E-state index contributed by atoms with van der Waals surface area (Å²) in [6, 6.07) is 13.5. The maximum atomic E-state index is 12.1. The van der Waals surface area contributed by atoms with E-state index in [4.69, 9.17) is 11.6 Å². The van der Waals surface area contributed by atoms with Crippen LogP contribution in [0.1, 0.15) is 15.9 Å². The summed E-state index contributed by atoms with van der Waals surface area (Å²) in [5.74, 6) is -0.304. The first kappa shape index (κ1) is 13.8. The zero-order chi connectivity index (χ0) is 13.8. The number of ketones is 1. The summed E-state index contributed by atoms with van der Waals surface area (Å²) in [5.41, 5.74) is 1.11. The van der Waals surface area contributed by atoms with Gasteiger partial charge in [0.15, 0.2) is 0 Å². The SMILES string of the molecule is O=C(C(Br)=Cc1ccc(Cl)cc1)c1ccccc1O. The summed E-state index contributed by atoms with van der Waals surface area (Å²) in [7, 11) is 0. The Kier molecular flexibility index (Phi) is 4.40. The number of aromatic hydroxyl groups is 1. The van der Waals surface area contributed by atoms with Crippen molar-refractivity contribution in [2.45, 2.75) is 0 Å². The van der Waals surface area contributed by atoms with Gasteiger partial charge in [0.1, 0.15) is 5.75 Å². The minimum Gasteiger partial charge on any atom is -0.507 e. The van der Waals surface area contributed by atoms with E-state index in [0.29, 0.717) is 9.51 Å². The van der Waals surface area contributed by atoms with Crippen LogP contribution < -0.4 is 0 Å². The molecule has 0 aliphatic carbocycles. The first-order chi connectivity index (χ1) is 9.08. The molecular formula is C15H10BrClO2. The monoisotopic (exact) mass is 336 g/mol. The summed E-state index contributed by atoms with van der Waals surface area (Å²) in [6.45, 7) is 0. The Morgan fingerprint density at radius 2 is 1.74 bits per heavy atom. The molecule has 2 nitrogen and oxygen atoms in total. The van der Waals surface area contributed by atoms with Crippen LogP contribution in [-0.2, 0) is 0 Å². The van der Waals surface area contributed by atoms with E-state index in [0.717, 1.165) is 5.56 Å². The summed E-state index contributed by atoms with van der Waals surface area (Å²) < 4.78 is 0.372. The summed E-state index contributed by atoms with van der Waals surface area (Å²) >= 11 is 9.03. The zero-order valence-electron chi connectivity index (χ0n) is 9.81. The Balaban J connectivity index is 2.29. The third kappa shape index (κ3) is 3.46. The van der Waals surface area contributed by atoms with Crippen LogP contribution in [0, 0.1) is 0 Å². The molecule has 2 aromatic rings. The van der Waals surface area contributed by atoms with Gasteiger partial charge in [-0.15, -0.1) is 0 Å². The summed E-state index contributed by atoms with van der Waals surface area (Å²) in [4.78, 5) is 12.1. The lowest BCUT2D eigenvalue weighted by Crippen LogP contribution is -1.98. The van der Waals surface area contributed by atoms with Crippen LogP contribution in [0.25, 0.3) is 6.08 Å². The predicted molar refractivity (Wildman–Crippen MR) is 80.8 cm³/mol. The highest BCUT2D eigenvalue weighted by molar-refractivity contribution is 9.12. The number of benzene rings is 2. The zero-order valence-corrected chi connectivity index (χ0v) is 12.1. The van der Waals surface area contributed by atoms with E-state index in [1.54, 1.807) is 36.4 Å². The van der Waals surface area contributed by atoms with E-state index in [1.807, 2.05) is 12.1 Å². The van der Waals surface area contributed by atoms with E-state index in [9.17, 15) is 9.90 Å². The smallest absolute Gasteiger partial charge is 0.203 e. The Morgan fingerprint density at radius 1 is 1.11 bits per heavy atom. The van der Waals surface area contributed by atoms with Gasteiger partial charge in [-0.25, -0.2) is 0 Å². The molecular weight excluding hydrogens is 328 g/mol. The molecule has 0 saturated heterocycles. The first-order valence-corrected chi connectivity index (χ1v) is 6.70. The molecule has 0 heterocycles. The maximum absolute atomic E-state index is 12.1. The highest BCUT2D eigenvalue weighted by atomic mass is 79.9. The number of halogens is 2. The number of phenols is 1. The van der Waals surface area contributed by atoms with Crippen LogP contribution in [0.2, 0.25) is 5.02 Å². The van der Waals surface area contributed by atoms with Gasteiger partial charge < -0.3 is 5.11 Å². The lowest BCUT2D eigenvalue weighted by atomic mass is 10.1. The van der Waals surface area contributed by atoms with Gasteiger partial charge in [0, 0.05) is 5.02 Å². The lowest BCUT2D eigenvalue weighted by Gasteiger charge is -2.03. The van der Waals surface area contributed by atoms with Crippen molar-refractivity contribution in [3.63, 3.8) is 0 Å². The molecule has 0 radical (unpaired) electrons. The largest absolute Gasteiger partial charge is 0.507 e. The number of Topliss-reactive ketones (excluding diaryl/α,β-unsaturated/α-hetero) is 1. The average molecular weight is 338 g/mol. The van der Waals surface area contributed by atoms with E-state index >= 15 is 0 Å². The third-order valence-electron chi connectivity index (χ3n) is 2.53. The van der Waals surface area contributed by atoms with Gasteiger partial charge in [0.25, 0.3) is 0 Å². The molecule has 0 amide bonds. The van der Waals surface area contributed by atoms with E-state index in [1.165, 1.54) is 6.07 Å². The number of carbonyl (C=O) groups is 1. The van der Waals surface area contributed by atoms with Crippen LogP contribution >= 0.6 is 27.5 Å². The van der Waals surface area contributed by atoms with Crippen molar-refractivity contribution in [2.24, 2.45) is 0 Å². The van der Waals surface area contributed by atoms with Gasteiger partial charge in [-0.1, -0.05) is 35.9 Å². The molecule has 4 heteroatoms. The standard InChI is InChI=1S/C15H10BrClO2/c16-13(9-10-5-7-11(17)8-6-10)15(19)12-3-1-2-4-14(12)18/h1-9,18H. The number of hydrogen-bond acceptors (Lipinski definition) is 2. The number of rotatable bonds is 3. The van der Waals surface area contributed by atoms with E-state index in [2.05, 4.69) is 15.9 Å². The van der Waals surface area contributed by atoms with Gasteiger partial charge in [-0.3, -0.25) is 4.79 Å². The van der Waals surface area contributed by atoms with Crippen LogP contribution in [-0.4, -0.2) is 10.9 Å². The van der Waals surface area contributed by atoms with Gasteiger partial charge in [0.2, 0.25) is 5.78 Å². The Hall–Kier alpha value is -1.58. The van der Waals surface area contributed by atoms with Crippen LogP contribution in [0.5, 0.6) is 5.75 Å². The van der Waals surface area contributed by atoms with Crippen LogP contribution in [0.15, 0.2) is 53.0 Å². The van der Waals surface area contributed by atoms with E-state index in [-0.39, 0.29) is 17.1 Å². The molecule has 0 unspecified atom stereocenters. The van der Waals surface area contributed by atoms with Crippen molar-refractivity contribution in [1.29, 1.82) is 0 Å². The third-order valence-corrected chi connectivity index (χ3v) is 3.37. The minimum absolute atomic E-state index is 0.0334. The van der Waals surface area contributed by atoms with Gasteiger partial charge in [-0.05, 0) is 51.8 Å². The number of hydrogen-bond donors (Lipinski definition) is 1. The summed E-state index contributed by atoms with van der Waals surface area (Å²) in [5, 5.41) is 10.3. The number of allylic oxidation sites excluding steroid dienone is 1. The molecule has 2 aromatic carbocycles. The second-order valence-corrected chi connectivity index (χ2v) is 5.18. The van der Waals surface area contributed by atoms with Crippen molar-refractivity contribution in [3.05, 3.63) is 69.2 Å². The lowest BCUT2D eigenvalue weighted by molar-refractivity contribution is 0.104. The molecule has 0 fully saturated rings. The fraction of sp³-hybridized carbons (Fsp3) is 0. The first-order valence-electron chi connectivity index (χ1n) is 5.53. The highest BCUT2D eigenvalue weighted by Crippen LogP contribution is 2.24. The van der Waals surface area contributed by atoms with Gasteiger partial charge >= 0.3 is 0 Å². The molecule has 19 heavy (non-hydrogen) atoms. The Bertz CT molecular complexity index is 633. The Morgan fingerprint density at radius 3 is 2.37 bits per heavy atom. The maximum Gasteiger partial charge on any atom is 0.203 e. The number of carbonyl (C=O) groups excluding carboxylic acids is 1. The van der Waals surface area contributed by atoms with Crippen molar-refractivity contribution < 1.29 is 9.90 Å². The molecule has 0 aromatic heterocycles. The molecule has 2 rings (SSSR count). The number of phenolic OH excluding ortho intramolecular Hbond substituents is 1. The molecule has 96 valence electrons. The molecule has 0 atom stereocenters. The van der Waals surface area contributed by atoms with Crippen LogP contribution in [0.3, 0.4) is 0 Å². The van der Waals surface area contributed by atoms with Crippen molar-refractivity contribution in [1.82, 2.24) is 0 Å². The van der Waals surface area contributed by atoms with Crippen LogP contribution in [0.4, 0.5) is 0 Å². The quantitative estimate of drug-likeness (QED) is 0.653. The molecule has 0 aliphatic heterocycles. The normalized spacial score (nSPS) is 11.4. The fourth-order valence-corrected chi connectivity index (χ4v) is 2.17. The van der Waals surface area contributed by atoms with Gasteiger partial charge in [-0.2, -0.15) is 0 Å². The van der Waals surface area contributed by atoms with Gasteiger partial charge in [0.05, 0.1) is 10.0 Å². The van der Waals surface area contributed by atoms with E-state index < -0.39 is 0 Å². The molecule has 0 saturated carbocycles. The minimum atomic E-state index is -0.270. The Labute approximate surface area is 124 Å². The van der Waals surface area contributed by atoms with Crippen molar-refractivity contribution in [2.75, 3.05) is 0 Å². The topological polar surface area (TPSA) is 37.3 Å². The second kappa shape index (κ2) is 6.04. The second-order valence-electron chi connectivity index (χ2n) is 3.89. The van der Waals surface area contributed by atoms with Crippen molar-refractivity contribution in [3.8, 4) is 5.75 Å². The molecule has 0 bridgehead atoms. The molecule has 1 N–H and O–H groups in total. The molecule has 0 aliphatic rings. The number of para-hydroxylation sites is 1. The highest BCUT2D eigenvalue weighted by Gasteiger charge is 2.13. The average Bonchev–Trinajstić information content (AvgIpc) is 2.41. The summed E-state index contributed by atoms with van der Waals surface area (Å²) in [6.07, 6.45) is 1.69. The van der Waals surface area contributed by atoms with Crippen molar-refractivity contribution >= 4 is 39.4 Å².